The van der Waals surface area contributed by atoms with E-state index in [0.29, 0.717) is 17.6 Å². The van der Waals surface area contributed by atoms with Crippen LogP contribution < -0.4 is 4.74 Å². The van der Waals surface area contributed by atoms with Crippen LogP contribution in [0.1, 0.15) is 68.3 Å². The number of esters is 1. The zero-order valence-electron chi connectivity index (χ0n) is 16.9. The van der Waals surface area contributed by atoms with Crippen molar-refractivity contribution >= 4 is 5.97 Å². The van der Waals surface area contributed by atoms with E-state index in [0.717, 1.165) is 23.3 Å². The van der Waals surface area contributed by atoms with Gasteiger partial charge >= 0.3 is 5.97 Å². The highest BCUT2D eigenvalue weighted by Crippen LogP contribution is 2.54. The van der Waals surface area contributed by atoms with Gasteiger partial charge < -0.3 is 9.47 Å². The Morgan fingerprint density at radius 2 is 1.39 bits per heavy atom. The first kappa shape index (κ1) is 19.0. The van der Waals surface area contributed by atoms with Crippen LogP contribution in [0.25, 0.3) is 0 Å². The Labute approximate surface area is 168 Å². The monoisotopic (exact) mass is 378 g/mol. The summed E-state index contributed by atoms with van der Waals surface area (Å²) in [6.45, 7) is 4.68. The molecule has 0 aliphatic heterocycles. The molecule has 0 aromatic heterocycles. The van der Waals surface area contributed by atoms with Gasteiger partial charge in [-0.05, 0) is 91.8 Å². The van der Waals surface area contributed by atoms with E-state index >= 15 is 0 Å². The molecule has 28 heavy (non-hydrogen) atoms. The van der Waals surface area contributed by atoms with E-state index in [1.54, 1.807) is 19.1 Å². The predicted molar refractivity (Wildman–Crippen MR) is 111 cm³/mol. The van der Waals surface area contributed by atoms with Gasteiger partial charge in [0, 0.05) is 0 Å². The highest BCUT2D eigenvalue weighted by Gasteiger charge is 2.46. The number of fused-ring (bicyclic) bond motifs is 2. The Morgan fingerprint density at radius 1 is 0.893 bits per heavy atom. The average Bonchev–Trinajstić information content (AvgIpc) is 2.69. The summed E-state index contributed by atoms with van der Waals surface area (Å²) in [7, 11) is 0. The zero-order valence-corrected chi connectivity index (χ0v) is 16.9. The average molecular weight is 379 g/mol. The molecular weight excluding hydrogens is 348 g/mol. The SMILES string of the molecule is CCOC(=O)c1ccc(Oc2ccc(C3(C)C4CCCC3CCC4)cc2)cc1. The van der Waals surface area contributed by atoms with Gasteiger partial charge in [-0.25, -0.2) is 4.79 Å². The summed E-state index contributed by atoms with van der Waals surface area (Å²) in [5.74, 6) is 2.90. The Balaban J connectivity index is 1.47. The minimum atomic E-state index is -0.301. The lowest BCUT2D eigenvalue weighted by Crippen LogP contribution is -2.45. The van der Waals surface area contributed by atoms with E-state index in [1.807, 2.05) is 12.1 Å². The summed E-state index contributed by atoms with van der Waals surface area (Å²) in [5, 5.41) is 0. The van der Waals surface area contributed by atoms with Gasteiger partial charge in [0.2, 0.25) is 0 Å². The molecule has 148 valence electrons. The third-order valence-corrected chi connectivity index (χ3v) is 6.98. The van der Waals surface area contributed by atoms with Gasteiger partial charge in [-0.2, -0.15) is 0 Å². The number of rotatable bonds is 5. The van der Waals surface area contributed by atoms with E-state index in [4.69, 9.17) is 9.47 Å². The zero-order chi connectivity index (χ0) is 19.6. The van der Waals surface area contributed by atoms with Crippen molar-refractivity contribution in [2.24, 2.45) is 11.8 Å². The van der Waals surface area contributed by atoms with Crippen LogP contribution in [-0.4, -0.2) is 12.6 Å². The number of hydrogen-bond acceptors (Lipinski definition) is 3. The van der Waals surface area contributed by atoms with Gasteiger partial charge in [0.25, 0.3) is 0 Å². The van der Waals surface area contributed by atoms with Crippen LogP contribution in [-0.2, 0) is 10.2 Å². The molecule has 2 aromatic rings. The third kappa shape index (κ3) is 3.55. The molecule has 2 aliphatic rings. The lowest BCUT2D eigenvalue weighted by atomic mass is 9.53. The van der Waals surface area contributed by atoms with E-state index in [1.165, 1.54) is 44.1 Å². The summed E-state index contributed by atoms with van der Waals surface area (Å²) < 4.78 is 11.0. The molecule has 0 atom stereocenters. The molecule has 4 rings (SSSR count). The van der Waals surface area contributed by atoms with E-state index < -0.39 is 0 Å². The molecular formula is C25H30O3. The minimum Gasteiger partial charge on any atom is -0.462 e. The van der Waals surface area contributed by atoms with Gasteiger partial charge in [-0.1, -0.05) is 31.9 Å². The topological polar surface area (TPSA) is 35.5 Å². The van der Waals surface area contributed by atoms with Crippen LogP contribution in [0.3, 0.4) is 0 Å². The molecule has 3 heteroatoms. The maximum Gasteiger partial charge on any atom is 0.338 e. The predicted octanol–water partition coefficient (Wildman–Crippen LogP) is 6.51. The van der Waals surface area contributed by atoms with E-state index in [2.05, 4.69) is 31.2 Å². The molecule has 2 aliphatic carbocycles. The summed E-state index contributed by atoms with van der Waals surface area (Å²) in [4.78, 5) is 11.8. The molecule has 0 N–H and O–H groups in total. The second-order valence-electron chi connectivity index (χ2n) is 8.41. The molecule has 2 aromatic carbocycles. The van der Waals surface area contributed by atoms with Crippen LogP contribution in [0.2, 0.25) is 0 Å². The molecule has 0 unspecified atom stereocenters. The molecule has 2 bridgehead atoms. The number of benzene rings is 2. The molecule has 0 radical (unpaired) electrons. The molecule has 0 amide bonds. The maximum atomic E-state index is 11.8. The normalized spacial score (nSPS) is 26.5. The van der Waals surface area contributed by atoms with Crippen LogP contribution in [0.5, 0.6) is 11.5 Å². The van der Waals surface area contributed by atoms with Gasteiger partial charge in [0.05, 0.1) is 12.2 Å². The quantitative estimate of drug-likeness (QED) is 0.556. The maximum absolute atomic E-state index is 11.8. The first-order chi connectivity index (χ1) is 13.6. The van der Waals surface area contributed by atoms with Gasteiger partial charge in [0.1, 0.15) is 11.5 Å². The highest BCUT2D eigenvalue weighted by molar-refractivity contribution is 5.89. The molecule has 0 spiro atoms. The first-order valence-electron chi connectivity index (χ1n) is 10.7. The molecule has 3 nitrogen and oxygen atoms in total. The van der Waals surface area contributed by atoms with Crippen molar-refractivity contribution in [2.45, 2.75) is 57.8 Å². The van der Waals surface area contributed by atoms with Crippen molar-refractivity contribution < 1.29 is 14.3 Å². The third-order valence-electron chi connectivity index (χ3n) is 6.98. The highest BCUT2D eigenvalue weighted by atomic mass is 16.5. The fourth-order valence-corrected chi connectivity index (χ4v) is 5.41. The van der Waals surface area contributed by atoms with Crippen molar-refractivity contribution in [1.82, 2.24) is 0 Å². The number of hydrogen-bond donors (Lipinski definition) is 0. The number of carbonyl (C=O) groups excluding carboxylic acids is 1. The van der Waals surface area contributed by atoms with Gasteiger partial charge in [-0.15, -0.1) is 0 Å². The summed E-state index contributed by atoms with van der Waals surface area (Å²) in [6, 6.07) is 15.8. The van der Waals surface area contributed by atoms with Crippen molar-refractivity contribution in [2.75, 3.05) is 6.61 Å². The first-order valence-corrected chi connectivity index (χ1v) is 10.7. The summed E-state index contributed by atoms with van der Waals surface area (Å²) in [6.07, 6.45) is 8.29. The van der Waals surface area contributed by atoms with Gasteiger partial charge in [0.15, 0.2) is 0 Å². The van der Waals surface area contributed by atoms with Crippen LogP contribution in [0.4, 0.5) is 0 Å². The molecule has 2 saturated carbocycles. The van der Waals surface area contributed by atoms with Crippen molar-refractivity contribution in [1.29, 1.82) is 0 Å². The Kier molecular flexibility index (Phi) is 5.43. The van der Waals surface area contributed by atoms with Crippen molar-refractivity contribution in [3.05, 3.63) is 59.7 Å². The van der Waals surface area contributed by atoms with Gasteiger partial charge in [-0.3, -0.25) is 0 Å². The summed E-state index contributed by atoms with van der Waals surface area (Å²) >= 11 is 0. The lowest BCUT2D eigenvalue weighted by Gasteiger charge is -2.52. The van der Waals surface area contributed by atoms with Crippen molar-refractivity contribution in [3.63, 3.8) is 0 Å². The fraction of sp³-hybridized carbons (Fsp3) is 0.480. The van der Waals surface area contributed by atoms with E-state index in [-0.39, 0.29) is 5.97 Å². The Morgan fingerprint density at radius 3 is 1.89 bits per heavy atom. The standard InChI is InChI=1S/C25H30O3/c1-3-27-24(26)18-10-14-22(15-11-18)28-23-16-12-21(13-17-23)25(2)19-6-4-7-20(25)9-5-8-19/h10-17,19-20H,3-9H2,1-2H3. The lowest BCUT2D eigenvalue weighted by molar-refractivity contribution is 0.0526. The largest absolute Gasteiger partial charge is 0.462 e. The Bertz CT molecular complexity index is 785. The second kappa shape index (κ2) is 7.98. The second-order valence-corrected chi connectivity index (χ2v) is 8.41. The van der Waals surface area contributed by atoms with Crippen LogP contribution in [0.15, 0.2) is 48.5 Å². The van der Waals surface area contributed by atoms with Crippen molar-refractivity contribution in [3.8, 4) is 11.5 Å². The van der Waals surface area contributed by atoms with Crippen LogP contribution in [0, 0.1) is 11.8 Å². The molecule has 0 saturated heterocycles. The molecule has 0 heterocycles. The Hall–Kier alpha value is -2.29. The summed E-state index contributed by atoms with van der Waals surface area (Å²) in [5.41, 5.74) is 2.32. The number of ether oxygens (including phenoxy) is 2. The minimum absolute atomic E-state index is 0.301. The smallest absolute Gasteiger partial charge is 0.338 e. The molecule has 2 fully saturated rings. The number of carbonyl (C=O) groups is 1. The van der Waals surface area contributed by atoms with Crippen LogP contribution >= 0.6 is 0 Å². The fourth-order valence-electron chi connectivity index (χ4n) is 5.41. The van der Waals surface area contributed by atoms with E-state index in [9.17, 15) is 4.79 Å².